The Balaban J connectivity index is 1.64. The molecule has 0 aliphatic carbocycles. The minimum Gasteiger partial charge on any atom is -0.469 e. The zero-order valence-corrected chi connectivity index (χ0v) is 36.4. The van der Waals surface area contributed by atoms with Crippen LogP contribution in [-0.2, 0) is 31.9 Å². The van der Waals surface area contributed by atoms with E-state index in [-0.39, 0.29) is 30.7 Å². The van der Waals surface area contributed by atoms with E-state index in [9.17, 15) is 14.9 Å². The number of carbonyl (C=O) groups is 2. The Kier molecular flexibility index (Phi) is 12.6. The van der Waals surface area contributed by atoms with Crippen LogP contribution in [0.5, 0.6) is 0 Å². The summed E-state index contributed by atoms with van der Waals surface area (Å²) in [4.78, 5) is 43.3. The fraction of sp³-hybridized carbons (Fsp3) is 0.288. The fourth-order valence-electron chi connectivity index (χ4n) is 8.87. The summed E-state index contributed by atoms with van der Waals surface area (Å²) in [5.41, 5.74) is 18.3. The number of hydrogen-bond donors (Lipinski definition) is 2. The van der Waals surface area contributed by atoms with Crippen LogP contribution in [0.15, 0.2) is 84.4 Å². The van der Waals surface area contributed by atoms with Crippen LogP contribution in [0.25, 0.3) is 50.4 Å². The maximum Gasteiger partial charge on any atom is 0.305 e. The molecular formula is C52H53N5O4. The molecule has 0 radical (unpaired) electrons. The first-order chi connectivity index (χ1) is 29.5. The Hall–Kier alpha value is -6.79. The number of rotatable bonds is 12. The van der Waals surface area contributed by atoms with Gasteiger partial charge in [-0.2, -0.15) is 5.26 Å². The summed E-state index contributed by atoms with van der Waals surface area (Å²) >= 11 is 0. The summed E-state index contributed by atoms with van der Waals surface area (Å²) in [7, 11) is 2.81. The van der Waals surface area contributed by atoms with Gasteiger partial charge in [-0.15, -0.1) is 0 Å². The van der Waals surface area contributed by atoms with E-state index in [4.69, 9.17) is 19.4 Å². The van der Waals surface area contributed by atoms with Crippen molar-refractivity contribution in [2.45, 2.75) is 86.0 Å². The Morgan fingerprint density at radius 2 is 1.16 bits per heavy atom. The van der Waals surface area contributed by atoms with Crippen molar-refractivity contribution >= 4 is 62.4 Å². The van der Waals surface area contributed by atoms with E-state index in [1.807, 2.05) is 42.5 Å². The van der Waals surface area contributed by atoms with E-state index in [2.05, 4.69) is 100 Å². The second kappa shape index (κ2) is 18.2. The van der Waals surface area contributed by atoms with Crippen molar-refractivity contribution in [1.29, 1.82) is 5.26 Å². The molecule has 9 heteroatoms. The van der Waals surface area contributed by atoms with Gasteiger partial charge in [0.1, 0.15) is 0 Å². The van der Waals surface area contributed by atoms with Crippen LogP contribution in [0, 0.1) is 25.2 Å². The molecular weight excluding hydrogens is 759 g/mol. The van der Waals surface area contributed by atoms with Crippen molar-refractivity contribution in [3.8, 4) is 6.07 Å². The second-order valence-corrected chi connectivity index (χ2v) is 15.7. The van der Waals surface area contributed by atoms with Crippen LogP contribution in [0.2, 0.25) is 0 Å². The van der Waals surface area contributed by atoms with Gasteiger partial charge in [0.05, 0.1) is 43.1 Å². The molecule has 7 rings (SSSR count). The number of aromatic nitrogens is 4. The number of aryl methyl sites for hydroxylation is 4. The smallest absolute Gasteiger partial charge is 0.305 e. The predicted octanol–water partition coefficient (Wildman–Crippen LogP) is 11.6. The van der Waals surface area contributed by atoms with E-state index in [0.29, 0.717) is 24.8 Å². The van der Waals surface area contributed by atoms with E-state index in [1.165, 1.54) is 14.2 Å². The van der Waals surface area contributed by atoms with Crippen LogP contribution in [0.1, 0.15) is 121 Å². The lowest BCUT2D eigenvalue weighted by atomic mass is 9.84. The normalized spacial score (nSPS) is 12.9. The first-order valence-electron chi connectivity index (χ1n) is 21.0. The topological polar surface area (TPSA) is 134 Å². The third-order valence-electron chi connectivity index (χ3n) is 12.3. The first-order valence-corrected chi connectivity index (χ1v) is 21.0. The number of nitrogens with one attached hydrogen (secondary N) is 2. The number of ether oxygens (including phenoxy) is 2. The highest BCUT2D eigenvalue weighted by Crippen LogP contribution is 2.42. The number of nitriles is 1. The summed E-state index contributed by atoms with van der Waals surface area (Å²) < 4.78 is 10.1. The Labute approximate surface area is 357 Å². The minimum atomic E-state index is -0.331. The molecule has 2 aromatic carbocycles. The third-order valence-corrected chi connectivity index (χ3v) is 12.3. The molecule has 0 saturated carbocycles. The lowest BCUT2D eigenvalue weighted by Crippen LogP contribution is -2.05. The quantitative estimate of drug-likeness (QED) is 0.0946. The van der Waals surface area contributed by atoms with E-state index in [1.54, 1.807) is 0 Å². The molecule has 2 aliphatic rings. The first kappa shape index (κ1) is 42.3. The van der Waals surface area contributed by atoms with Crippen molar-refractivity contribution in [1.82, 2.24) is 19.9 Å². The maximum absolute atomic E-state index is 12.5. The number of aromatic amines is 2. The van der Waals surface area contributed by atoms with E-state index in [0.717, 1.165) is 112 Å². The third kappa shape index (κ3) is 8.36. The Bertz CT molecular complexity index is 2790. The molecule has 0 spiro atoms. The van der Waals surface area contributed by atoms with Crippen molar-refractivity contribution in [3.05, 3.63) is 146 Å². The number of nitrogens with zero attached hydrogens (tertiary/aromatic N) is 3. The van der Waals surface area contributed by atoms with Crippen molar-refractivity contribution in [2.75, 3.05) is 14.2 Å². The molecule has 310 valence electrons. The highest BCUT2D eigenvalue weighted by molar-refractivity contribution is 5.99. The fourth-order valence-corrected chi connectivity index (χ4v) is 8.87. The molecule has 5 aromatic rings. The summed E-state index contributed by atoms with van der Waals surface area (Å²) in [5, 5.41) is 11.1. The minimum absolute atomic E-state index is 0.216. The molecule has 0 saturated heterocycles. The lowest BCUT2D eigenvalue weighted by Gasteiger charge is -2.18. The summed E-state index contributed by atoms with van der Waals surface area (Å²) in [6.07, 6.45) is 4.84. The molecule has 0 unspecified atom stereocenters. The Morgan fingerprint density at radius 1 is 0.672 bits per heavy atom. The molecule has 3 aromatic heterocycles. The molecule has 5 heterocycles. The molecule has 2 N–H and O–H groups in total. The summed E-state index contributed by atoms with van der Waals surface area (Å²) in [6.45, 7) is 12.7. The van der Waals surface area contributed by atoms with Gasteiger partial charge < -0.3 is 19.4 Å². The number of fused-ring (bicyclic) bond motifs is 8. The van der Waals surface area contributed by atoms with Crippen LogP contribution in [0.4, 0.5) is 0 Å². The van der Waals surface area contributed by atoms with Gasteiger partial charge in [-0.3, -0.25) is 9.59 Å². The highest BCUT2D eigenvalue weighted by atomic mass is 16.5. The molecule has 9 nitrogen and oxygen atoms in total. The SMILES string of the molecule is CCC1=C(C)c2nc1cc1[nH]c(cc3[nH]c(cc4nc(c2C=C(C#N)C(c2ccccc2)c2ccccc2)C(CC)=C4C)c(C)c3CCC(=O)OC)c(CCC(=O)OC)c1C. The molecule has 0 atom stereocenters. The number of allylic oxidation sites excluding steroid dienone is 5. The number of esters is 2. The predicted molar refractivity (Wildman–Crippen MR) is 245 cm³/mol. The average Bonchev–Trinajstić information content (AvgIpc) is 3.96. The highest BCUT2D eigenvalue weighted by Gasteiger charge is 2.27. The lowest BCUT2D eigenvalue weighted by molar-refractivity contribution is -0.141. The van der Waals surface area contributed by atoms with Gasteiger partial charge in [-0.25, -0.2) is 9.97 Å². The van der Waals surface area contributed by atoms with Crippen molar-refractivity contribution in [2.24, 2.45) is 0 Å². The van der Waals surface area contributed by atoms with Gasteiger partial charge in [0.2, 0.25) is 0 Å². The molecule has 8 bridgehead atoms. The van der Waals surface area contributed by atoms with Gasteiger partial charge in [0.15, 0.2) is 0 Å². The van der Waals surface area contributed by atoms with Crippen LogP contribution in [-0.4, -0.2) is 46.1 Å². The van der Waals surface area contributed by atoms with Crippen molar-refractivity contribution < 1.29 is 19.1 Å². The summed E-state index contributed by atoms with van der Waals surface area (Å²) in [5.74, 6) is -0.904. The number of hydrogen-bond acceptors (Lipinski definition) is 7. The number of methoxy groups -OCH3 is 2. The van der Waals surface area contributed by atoms with Gasteiger partial charge in [0, 0.05) is 52.0 Å². The molecule has 0 amide bonds. The van der Waals surface area contributed by atoms with Crippen LogP contribution in [0.3, 0.4) is 0 Å². The molecule has 2 aliphatic heterocycles. The van der Waals surface area contributed by atoms with E-state index < -0.39 is 0 Å². The number of carbonyl (C=O) groups excluding carboxylic acids is 2. The number of H-pyrrole nitrogens is 2. The number of benzene rings is 2. The molecule has 61 heavy (non-hydrogen) atoms. The van der Waals surface area contributed by atoms with E-state index >= 15 is 0 Å². The zero-order valence-electron chi connectivity index (χ0n) is 36.4. The summed E-state index contributed by atoms with van der Waals surface area (Å²) in [6, 6.07) is 29.3. The zero-order chi connectivity index (χ0) is 43.4. The van der Waals surface area contributed by atoms with Crippen LogP contribution < -0.4 is 0 Å². The van der Waals surface area contributed by atoms with Gasteiger partial charge >= 0.3 is 11.9 Å². The second-order valence-electron chi connectivity index (χ2n) is 15.7. The standard InChI is InChI=1S/C52H53N5O4/c1-9-37-33(6)51-41(25-36(29-53)50(34-17-13-11-14-18-34)35-19-15-12-16-20-35)52-38(10-2)30(3)44(56-52)26-42-31(4)39(21-23-48(58)60-7)46(54-42)28-47-40(22-24-49(59)61-8)32(5)43(55-47)27-45(37)57-51/h11-20,25-28,50,54-55H,9-10,21-24H2,1-8H3. The van der Waals surface area contributed by atoms with Gasteiger partial charge in [-0.05, 0) is 133 Å². The van der Waals surface area contributed by atoms with Crippen LogP contribution >= 0.6 is 0 Å². The maximum atomic E-state index is 12.5. The monoisotopic (exact) mass is 811 g/mol. The van der Waals surface area contributed by atoms with Crippen molar-refractivity contribution in [3.63, 3.8) is 0 Å². The van der Waals surface area contributed by atoms with Gasteiger partial charge in [-0.1, -0.05) is 74.5 Å². The molecule has 0 fully saturated rings. The largest absolute Gasteiger partial charge is 0.469 e. The Morgan fingerprint density at radius 3 is 1.64 bits per heavy atom. The van der Waals surface area contributed by atoms with Gasteiger partial charge in [0.25, 0.3) is 0 Å². The average molecular weight is 812 g/mol.